The molecule has 156 valence electrons. The van der Waals surface area contributed by atoms with Crippen molar-refractivity contribution in [1.29, 1.82) is 0 Å². The van der Waals surface area contributed by atoms with Gasteiger partial charge in [0.05, 0.1) is 7.11 Å². The first-order valence-electron chi connectivity index (χ1n) is 10.7. The van der Waals surface area contributed by atoms with Gasteiger partial charge >= 0.3 is 0 Å². The Morgan fingerprint density at radius 1 is 0.967 bits per heavy atom. The fourth-order valence-electron chi connectivity index (χ4n) is 4.27. The van der Waals surface area contributed by atoms with Gasteiger partial charge in [0.25, 0.3) is 5.91 Å². The summed E-state index contributed by atoms with van der Waals surface area (Å²) >= 11 is 0. The van der Waals surface area contributed by atoms with Gasteiger partial charge in [-0.1, -0.05) is 30.3 Å². The molecule has 0 radical (unpaired) electrons. The van der Waals surface area contributed by atoms with Crippen molar-refractivity contribution >= 4 is 22.4 Å². The van der Waals surface area contributed by atoms with Crippen LogP contribution in [0.1, 0.15) is 12.5 Å². The Bertz CT molecular complexity index is 995. The average molecular weight is 406 g/mol. The van der Waals surface area contributed by atoms with Crippen molar-refractivity contribution < 1.29 is 19.3 Å². The minimum atomic E-state index is -0.0565. The van der Waals surface area contributed by atoms with E-state index in [2.05, 4.69) is 35.6 Å². The van der Waals surface area contributed by atoms with Crippen molar-refractivity contribution in [3.63, 3.8) is 0 Å². The first kappa shape index (κ1) is 20.4. The maximum atomic E-state index is 12.8. The van der Waals surface area contributed by atoms with Crippen molar-refractivity contribution in [1.82, 2.24) is 0 Å². The van der Waals surface area contributed by atoms with E-state index in [0.29, 0.717) is 0 Å². The van der Waals surface area contributed by atoms with Gasteiger partial charge in [-0.2, -0.15) is 0 Å². The molecule has 0 unspecified atom stereocenters. The van der Waals surface area contributed by atoms with E-state index in [0.717, 1.165) is 49.5 Å². The lowest BCUT2D eigenvalue weighted by molar-refractivity contribution is -1.02. The number of carbonyl (C=O) groups excluding carboxylic acids is 1. The number of fused-ring (bicyclic) bond motifs is 1. The molecule has 1 aliphatic heterocycles. The summed E-state index contributed by atoms with van der Waals surface area (Å²) < 4.78 is 5.24. The third kappa shape index (κ3) is 4.81. The molecule has 0 aromatic heterocycles. The topological polar surface area (TPSA) is 47.2 Å². The van der Waals surface area contributed by atoms with E-state index in [1.165, 1.54) is 15.8 Å². The summed E-state index contributed by atoms with van der Waals surface area (Å²) in [5, 5.41) is 5.44. The Morgan fingerprint density at radius 3 is 2.37 bits per heavy atom. The van der Waals surface area contributed by atoms with Crippen LogP contribution < -0.4 is 19.9 Å². The number of piperazine rings is 1. The van der Waals surface area contributed by atoms with Crippen molar-refractivity contribution in [2.24, 2.45) is 0 Å². The number of amides is 1. The number of ether oxygens (including phenoxy) is 1. The molecule has 1 fully saturated rings. The van der Waals surface area contributed by atoms with Crippen LogP contribution in [0.25, 0.3) is 10.8 Å². The highest BCUT2D eigenvalue weighted by molar-refractivity contribution is 5.96. The monoisotopic (exact) mass is 405 g/mol. The minimum Gasteiger partial charge on any atom is -0.497 e. The maximum Gasteiger partial charge on any atom is 0.282 e. The average Bonchev–Trinajstić information content (AvgIpc) is 2.79. The summed E-state index contributed by atoms with van der Waals surface area (Å²) in [5.74, 6) is 0.994. The van der Waals surface area contributed by atoms with Crippen LogP contribution in [0.15, 0.2) is 66.7 Å². The van der Waals surface area contributed by atoms with Gasteiger partial charge in [0.15, 0.2) is 6.04 Å². The Hall–Kier alpha value is -2.89. The fraction of sp³-hybridized carbons (Fsp3) is 0.320. The number of rotatable bonds is 6. The predicted octanol–water partition coefficient (Wildman–Crippen LogP) is 1.16. The quantitative estimate of drug-likeness (QED) is 0.576. The third-order valence-corrected chi connectivity index (χ3v) is 6.24. The van der Waals surface area contributed by atoms with E-state index >= 15 is 0 Å². The smallest absolute Gasteiger partial charge is 0.282 e. The lowest BCUT2D eigenvalue weighted by Gasteiger charge is -2.32. The second kappa shape index (κ2) is 9.28. The van der Waals surface area contributed by atoms with Crippen LogP contribution in [0.4, 0.5) is 5.69 Å². The van der Waals surface area contributed by atoms with Crippen LogP contribution >= 0.6 is 0 Å². The van der Waals surface area contributed by atoms with E-state index in [9.17, 15) is 4.79 Å². The highest BCUT2D eigenvalue weighted by Crippen LogP contribution is 2.18. The predicted molar refractivity (Wildman–Crippen MR) is 120 cm³/mol. The zero-order chi connectivity index (χ0) is 20.9. The van der Waals surface area contributed by atoms with Gasteiger partial charge in [-0.25, -0.2) is 0 Å². The van der Waals surface area contributed by atoms with Crippen LogP contribution in [-0.2, 0) is 11.3 Å². The highest BCUT2D eigenvalue weighted by Gasteiger charge is 2.31. The van der Waals surface area contributed by atoms with Crippen LogP contribution in [-0.4, -0.2) is 45.2 Å². The van der Waals surface area contributed by atoms with Gasteiger partial charge in [0.1, 0.15) is 38.5 Å². The van der Waals surface area contributed by atoms with Crippen LogP contribution in [0, 0.1) is 0 Å². The molecule has 1 atom stereocenters. The first-order chi connectivity index (χ1) is 14.6. The molecule has 3 N–H and O–H groups in total. The normalized spacial score (nSPS) is 19.9. The Labute approximate surface area is 178 Å². The Kier molecular flexibility index (Phi) is 6.31. The molecule has 4 rings (SSSR count). The van der Waals surface area contributed by atoms with Crippen molar-refractivity contribution in [3.05, 3.63) is 72.3 Å². The summed E-state index contributed by atoms with van der Waals surface area (Å²) in [7, 11) is 1.69. The summed E-state index contributed by atoms with van der Waals surface area (Å²) in [4.78, 5) is 15.8. The van der Waals surface area contributed by atoms with Gasteiger partial charge in [-0.15, -0.1) is 0 Å². The van der Waals surface area contributed by atoms with E-state index in [4.69, 9.17) is 4.74 Å². The molecule has 1 heterocycles. The van der Waals surface area contributed by atoms with Crippen molar-refractivity contribution in [3.8, 4) is 5.75 Å². The number of benzene rings is 3. The van der Waals surface area contributed by atoms with E-state index in [1.807, 2.05) is 43.3 Å². The second-order valence-electron chi connectivity index (χ2n) is 8.21. The van der Waals surface area contributed by atoms with Gasteiger partial charge in [0.2, 0.25) is 0 Å². The molecule has 1 aliphatic rings. The number of quaternary nitrogens is 2. The van der Waals surface area contributed by atoms with Crippen LogP contribution in [0.3, 0.4) is 0 Å². The minimum absolute atomic E-state index is 0.0565. The number of methoxy groups -OCH3 is 1. The zero-order valence-corrected chi connectivity index (χ0v) is 17.8. The number of hydrogen-bond acceptors (Lipinski definition) is 2. The molecule has 30 heavy (non-hydrogen) atoms. The molecule has 5 heteroatoms. The first-order valence-corrected chi connectivity index (χ1v) is 10.7. The van der Waals surface area contributed by atoms with Gasteiger partial charge in [-0.3, -0.25) is 4.79 Å². The SMILES string of the molecule is COc1ccc(C[NH+]2CC[NH+]([C@H](C)C(=O)Nc3ccc4ccccc4c3)CC2)cc1. The molecule has 5 nitrogen and oxygen atoms in total. The van der Waals surface area contributed by atoms with Gasteiger partial charge in [0, 0.05) is 11.3 Å². The summed E-state index contributed by atoms with van der Waals surface area (Å²) in [6.45, 7) is 7.24. The number of anilines is 1. The van der Waals surface area contributed by atoms with Crippen LogP contribution in [0.5, 0.6) is 5.75 Å². The summed E-state index contributed by atoms with van der Waals surface area (Å²) in [6, 6.07) is 22.6. The maximum absolute atomic E-state index is 12.8. The molecule has 0 aliphatic carbocycles. The standard InChI is InChI=1S/C25H29N3O2/c1-19(25(29)26-23-10-9-21-5-3-4-6-22(21)17-23)28-15-13-27(14-16-28)18-20-7-11-24(30-2)12-8-20/h3-12,17,19H,13-16,18H2,1-2H3,(H,26,29)/p+2/t19-/m1/s1. The lowest BCUT2D eigenvalue weighted by atomic mass is 10.1. The molecule has 0 saturated carbocycles. The lowest BCUT2D eigenvalue weighted by Crippen LogP contribution is -3.29. The summed E-state index contributed by atoms with van der Waals surface area (Å²) in [6.07, 6.45) is 0. The Balaban J connectivity index is 1.29. The molecule has 0 spiro atoms. The summed E-state index contributed by atoms with van der Waals surface area (Å²) in [5.41, 5.74) is 2.20. The third-order valence-electron chi connectivity index (χ3n) is 6.24. The highest BCUT2D eigenvalue weighted by atomic mass is 16.5. The number of carbonyl (C=O) groups is 1. The number of nitrogens with one attached hydrogen (secondary N) is 3. The molecule has 1 amide bonds. The van der Waals surface area contributed by atoms with Crippen molar-refractivity contribution in [2.75, 3.05) is 38.6 Å². The van der Waals surface area contributed by atoms with Gasteiger partial charge in [-0.05, 0) is 54.1 Å². The number of hydrogen-bond donors (Lipinski definition) is 3. The molecule has 3 aromatic carbocycles. The molecule has 0 bridgehead atoms. The molecular weight excluding hydrogens is 374 g/mol. The van der Waals surface area contributed by atoms with Crippen molar-refractivity contribution in [2.45, 2.75) is 19.5 Å². The molecular formula is C25H31N3O2+2. The van der Waals surface area contributed by atoms with E-state index < -0.39 is 0 Å². The molecule has 1 saturated heterocycles. The van der Waals surface area contributed by atoms with E-state index in [1.54, 1.807) is 12.0 Å². The van der Waals surface area contributed by atoms with Gasteiger partial charge < -0.3 is 19.9 Å². The molecule has 3 aromatic rings. The Morgan fingerprint density at radius 2 is 1.67 bits per heavy atom. The largest absolute Gasteiger partial charge is 0.497 e. The second-order valence-corrected chi connectivity index (χ2v) is 8.21. The fourth-order valence-corrected chi connectivity index (χ4v) is 4.27. The zero-order valence-electron chi connectivity index (χ0n) is 17.8. The van der Waals surface area contributed by atoms with E-state index in [-0.39, 0.29) is 11.9 Å². The van der Waals surface area contributed by atoms with Crippen LogP contribution in [0.2, 0.25) is 0 Å².